The second-order valence-electron chi connectivity index (χ2n) is 5.14. The zero-order chi connectivity index (χ0) is 16.8. The van der Waals surface area contributed by atoms with Crippen molar-refractivity contribution < 1.29 is 14.3 Å². The number of benzene rings is 2. The molecular formula is C17H19N3O3. The molecule has 2 N–H and O–H groups in total. The summed E-state index contributed by atoms with van der Waals surface area (Å²) in [5.74, 6) is -0.911. The van der Waals surface area contributed by atoms with Crippen LogP contribution in [0, 0.1) is 0 Å². The molecule has 0 aliphatic heterocycles. The average Bonchev–Trinajstić information content (AvgIpc) is 2.55. The quantitative estimate of drug-likeness (QED) is 0.513. The summed E-state index contributed by atoms with van der Waals surface area (Å²) in [6.45, 7) is 3.87. The van der Waals surface area contributed by atoms with Crippen LogP contribution in [0.1, 0.15) is 19.4 Å². The van der Waals surface area contributed by atoms with E-state index < -0.39 is 11.8 Å². The number of nitrogens with one attached hydrogen (secondary N) is 2. The number of amides is 2. The van der Waals surface area contributed by atoms with Gasteiger partial charge in [-0.3, -0.25) is 9.59 Å². The minimum Gasteiger partial charge on any atom is -0.490 e. The third-order valence-electron chi connectivity index (χ3n) is 3.09. The Hall–Kier alpha value is -2.89. The highest BCUT2D eigenvalue weighted by atomic mass is 16.5. The molecule has 0 unspecified atom stereocenters. The summed E-state index contributed by atoms with van der Waals surface area (Å²) in [5, 5.41) is 8.07. The third kappa shape index (κ3) is 4.06. The molecule has 2 aromatic carbocycles. The number of hydrogen-bond donors (Lipinski definition) is 2. The summed E-state index contributed by atoms with van der Waals surface area (Å²) in [6, 6.07) is 11.6. The van der Waals surface area contributed by atoms with E-state index >= 15 is 0 Å². The van der Waals surface area contributed by atoms with Crippen molar-refractivity contribution in [2.75, 3.05) is 7.05 Å². The highest BCUT2D eigenvalue weighted by Gasteiger charge is 2.11. The minimum atomic E-state index is -0.824. The van der Waals surface area contributed by atoms with Gasteiger partial charge in [0.2, 0.25) is 0 Å². The molecule has 0 atom stereocenters. The molecule has 0 fully saturated rings. The first-order valence-corrected chi connectivity index (χ1v) is 7.26. The van der Waals surface area contributed by atoms with Crippen LogP contribution in [0.25, 0.3) is 10.8 Å². The molecule has 2 aromatic rings. The van der Waals surface area contributed by atoms with Gasteiger partial charge in [0, 0.05) is 12.6 Å². The van der Waals surface area contributed by atoms with Crippen molar-refractivity contribution in [2.45, 2.75) is 20.0 Å². The summed E-state index contributed by atoms with van der Waals surface area (Å²) >= 11 is 0. The van der Waals surface area contributed by atoms with E-state index in [0.717, 1.165) is 16.3 Å². The van der Waals surface area contributed by atoms with Crippen LogP contribution in [0.15, 0.2) is 41.5 Å². The molecule has 0 bridgehead atoms. The van der Waals surface area contributed by atoms with E-state index in [1.165, 1.54) is 13.3 Å². The Bertz CT molecular complexity index is 754. The summed E-state index contributed by atoms with van der Waals surface area (Å²) in [5.41, 5.74) is 2.93. The highest BCUT2D eigenvalue weighted by molar-refractivity contribution is 6.35. The Morgan fingerprint density at radius 3 is 2.57 bits per heavy atom. The molecule has 120 valence electrons. The first kappa shape index (κ1) is 16.5. The number of carbonyl (C=O) groups is 2. The van der Waals surface area contributed by atoms with E-state index in [9.17, 15) is 9.59 Å². The fourth-order valence-electron chi connectivity index (χ4n) is 2.09. The Balaban J connectivity index is 2.36. The normalized spacial score (nSPS) is 11.0. The second kappa shape index (κ2) is 7.40. The topological polar surface area (TPSA) is 79.8 Å². The van der Waals surface area contributed by atoms with E-state index in [2.05, 4.69) is 15.8 Å². The van der Waals surface area contributed by atoms with Crippen LogP contribution < -0.4 is 15.5 Å². The Morgan fingerprint density at radius 2 is 1.87 bits per heavy atom. The lowest BCUT2D eigenvalue weighted by atomic mass is 10.0. The first-order valence-electron chi connectivity index (χ1n) is 7.26. The number of ether oxygens (including phenoxy) is 1. The van der Waals surface area contributed by atoms with Gasteiger partial charge in [0.25, 0.3) is 0 Å². The zero-order valence-corrected chi connectivity index (χ0v) is 13.3. The maximum absolute atomic E-state index is 11.4. The van der Waals surface area contributed by atoms with E-state index in [1.807, 2.05) is 50.2 Å². The first-order chi connectivity index (χ1) is 11.0. The smallest absolute Gasteiger partial charge is 0.329 e. The van der Waals surface area contributed by atoms with Crippen molar-refractivity contribution in [3.05, 3.63) is 42.0 Å². The number of hydrazone groups is 1. The predicted octanol–water partition coefficient (Wildman–Crippen LogP) is 1.82. The van der Waals surface area contributed by atoms with Gasteiger partial charge in [-0.05, 0) is 30.7 Å². The minimum absolute atomic E-state index is 0.00349. The summed E-state index contributed by atoms with van der Waals surface area (Å²) in [4.78, 5) is 22.6. The molecule has 0 radical (unpaired) electrons. The average molecular weight is 313 g/mol. The number of fused-ring (bicyclic) bond motifs is 1. The molecule has 0 aliphatic carbocycles. The van der Waals surface area contributed by atoms with Crippen LogP contribution in [0.4, 0.5) is 0 Å². The van der Waals surface area contributed by atoms with Crippen molar-refractivity contribution in [1.29, 1.82) is 0 Å². The van der Waals surface area contributed by atoms with Gasteiger partial charge in [0.15, 0.2) is 0 Å². The maximum Gasteiger partial charge on any atom is 0.329 e. The molecule has 6 heteroatoms. The van der Waals surface area contributed by atoms with Gasteiger partial charge < -0.3 is 10.1 Å². The van der Waals surface area contributed by atoms with Gasteiger partial charge in [-0.2, -0.15) is 5.10 Å². The summed E-state index contributed by atoms with van der Waals surface area (Å²) in [6.07, 6.45) is 1.49. The lowest BCUT2D eigenvalue weighted by molar-refractivity contribution is -0.138. The largest absolute Gasteiger partial charge is 0.490 e. The van der Waals surface area contributed by atoms with E-state index in [4.69, 9.17) is 4.74 Å². The van der Waals surface area contributed by atoms with Gasteiger partial charge in [-0.15, -0.1) is 0 Å². The van der Waals surface area contributed by atoms with Gasteiger partial charge in [-0.1, -0.05) is 30.3 Å². The highest BCUT2D eigenvalue weighted by Crippen LogP contribution is 2.27. The van der Waals surface area contributed by atoms with Crippen LogP contribution >= 0.6 is 0 Å². The standard InChI is InChI=1S/C17H19N3O3/c1-11(2)23-15-9-8-12-6-4-5-7-13(12)14(15)10-19-20-17(22)16(21)18-3/h4-11H,1-3H3,(H,18,21)(H,20,22)/b19-10-. The number of likely N-dealkylation sites (N-methyl/N-ethyl adjacent to an activating group) is 1. The number of nitrogens with zero attached hydrogens (tertiary/aromatic N) is 1. The van der Waals surface area contributed by atoms with Crippen LogP contribution in [0.2, 0.25) is 0 Å². The number of hydrogen-bond acceptors (Lipinski definition) is 4. The van der Waals surface area contributed by atoms with E-state index in [0.29, 0.717) is 5.75 Å². The predicted molar refractivity (Wildman–Crippen MR) is 89.5 cm³/mol. The molecule has 2 rings (SSSR count). The van der Waals surface area contributed by atoms with Crippen molar-refractivity contribution in [3.63, 3.8) is 0 Å². The molecule has 0 aromatic heterocycles. The lowest BCUT2D eigenvalue weighted by Crippen LogP contribution is -2.35. The van der Waals surface area contributed by atoms with Crippen molar-refractivity contribution >= 4 is 28.8 Å². The van der Waals surface area contributed by atoms with Gasteiger partial charge >= 0.3 is 11.8 Å². The number of carbonyl (C=O) groups excluding carboxylic acids is 2. The van der Waals surface area contributed by atoms with Crippen molar-refractivity contribution in [2.24, 2.45) is 5.10 Å². The molecule has 0 saturated carbocycles. The van der Waals surface area contributed by atoms with Crippen molar-refractivity contribution in [1.82, 2.24) is 10.7 Å². The molecule has 0 aliphatic rings. The Morgan fingerprint density at radius 1 is 1.13 bits per heavy atom. The molecule has 0 heterocycles. The molecule has 23 heavy (non-hydrogen) atoms. The van der Waals surface area contributed by atoms with E-state index in [1.54, 1.807) is 0 Å². The van der Waals surface area contributed by atoms with Crippen LogP contribution in [0.5, 0.6) is 5.75 Å². The molecule has 0 saturated heterocycles. The van der Waals surface area contributed by atoms with Gasteiger partial charge in [0.05, 0.1) is 12.3 Å². The Kier molecular flexibility index (Phi) is 5.30. The number of rotatable bonds is 4. The summed E-state index contributed by atoms with van der Waals surface area (Å²) in [7, 11) is 1.38. The lowest BCUT2D eigenvalue weighted by Gasteiger charge is -2.14. The van der Waals surface area contributed by atoms with E-state index in [-0.39, 0.29) is 6.10 Å². The van der Waals surface area contributed by atoms with Gasteiger partial charge in [-0.25, -0.2) is 5.43 Å². The third-order valence-corrected chi connectivity index (χ3v) is 3.09. The monoisotopic (exact) mass is 313 g/mol. The molecular weight excluding hydrogens is 294 g/mol. The molecule has 2 amide bonds. The molecule has 6 nitrogen and oxygen atoms in total. The molecule has 0 spiro atoms. The fraction of sp³-hybridized carbons (Fsp3) is 0.235. The summed E-state index contributed by atoms with van der Waals surface area (Å²) < 4.78 is 5.80. The fourth-order valence-corrected chi connectivity index (χ4v) is 2.09. The van der Waals surface area contributed by atoms with Crippen LogP contribution in [-0.4, -0.2) is 31.2 Å². The zero-order valence-electron chi connectivity index (χ0n) is 13.3. The Labute approximate surface area is 134 Å². The SMILES string of the molecule is CNC(=O)C(=O)N/N=C\c1c(OC(C)C)ccc2ccccc12. The second-order valence-corrected chi connectivity index (χ2v) is 5.14. The van der Waals surface area contributed by atoms with Crippen molar-refractivity contribution in [3.8, 4) is 5.75 Å². The van der Waals surface area contributed by atoms with Crippen LogP contribution in [-0.2, 0) is 9.59 Å². The van der Waals surface area contributed by atoms with Crippen LogP contribution in [0.3, 0.4) is 0 Å². The van der Waals surface area contributed by atoms with Gasteiger partial charge in [0.1, 0.15) is 5.75 Å². The maximum atomic E-state index is 11.4.